The second-order valence-electron chi connectivity index (χ2n) is 9.54. The molecule has 2 saturated heterocycles. The molecule has 1 aromatic heterocycles. The molecule has 0 bridgehead atoms. The molecule has 0 aliphatic carbocycles. The molecule has 174 valence electrons. The minimum absolute atomic E-state index is 0.286. The second kappa shape index (κ2) is 8.79. The molecule has 2 fully saturated rings. The number of aromatic nitrogens is 1. The van der Waals surface area contributed by atoms with Gasteiger partial charge in [-0.2, -0.15) is 5.26 Å². The molecule has 34 heavy (non-hydrogen) atoms. The molecule has 6 rings (SSSR count). The van der Waals surface area contributed by atoms with Crippen LogP contribution in [-0.4, -0.2) is 67.8 Å². The molecule has 0 amide bonds. The van der Waals surface area contributed by atoms with Crippen molar-refractivity contribution in [2.75, 3.05) is 55.7 Å². The lowest BCUT2D eigenvalue weighted by atomic mass is 10.0. The predicted octanol–water partition coefficient (Wildman–Crippen LogP) is 2.99. The number of piperazine rings is 2. The number of ether oxygens (including phenoxy) is 1. The van der Waals surface area contributed by atoms with E-state index in [0.717, 1.165) is 68.2 Å². The number of benzene rings is 2. The van der Waals surface area contributed by atoms with E-state index in [1.54, 1.807) is 6.20 Å². The Labute approximate surface area is 200 Å². The number of anilines is 2. The van der Waals surface area contributed by atoms with Gasteiger partial charge < -0.3 is 19.9 Å². The second-order valence-corrected chi connectivity index (χ2v) is 9.54. The maximum Gasteiger partial charge on any atom is 0.147 e. The first-order valence-electron chi connectivity index (χ1n) is 12.2. The van der Waals surface area contributed by atoms with Crippen LogP contribution in [-0.2, 0) is 6.54 Å². The van der Waals surface area contributed by atoms with Crippen LogP contribution in [0.2, 0.25) is 0 Å². The Hall–Kier alpha value is -3.34. The van der Waals surface area contributed by atoms with Gasteiger partial charge in [-0.05, 0) is 37.3 Å². The molecular weight excluding hydrogens is 424 g/mol. The third kappa shape index (κ3) is 3.64. The molecule has 3 aliphatic rings. The first-order chi connectivity index (χ1) is 16.7. The minimum Gasteiger partial charge on any atom is -0.489 e. The highest BCUT2D eigenvalue weighted by molar-refractivity contribution is 5.95. The summed E-state index contributed by atoms with van der Waals surface area (Å²) < 4.78 is 6.57. The molecule has 7 nitrogen and oxygen atoms in total. The highest BCUT2D eigenvalue weighted by Crippen LogP contribution is 2.38. The van der Waals surface area contributed by atoms with Gasteiger partial charge in [-0.1, -0.05) is 12.1 Å². The molecule has 4 heterocycles. The fraction of sp³-hybridized carbons (Fsp3) is 0.407. The average Bonchev–Trinajstić information content (AvgIpc) is 3.08. The molecule has 0 radical (unpaired) electrons. The lowest BCUT2D eigenvalue weighted by Crippen LogP contribution is -2.58. The van der Waals surface area contributed by atoms with E-state index in [1.807, 2.05) is 12.1 Å². The number of nitrogens with one attached hydrogen (secondary N) is 1. The molecule has 1 N–H and O–H groups in total. The van der Waals surface area contributed by atoms with E-state index in [4.69, 9.17) is 4.74 Å². The lowest BCUT2D eigenvalue weighted by molar-refractivity contribution is 0.0892. The van der Waals surface area contributed by atoms with Gasteiger partial charge in [-0.25, -0.2) is 0 Å². The molecule has 2 aromatic carbocycles. The van der Waals surface area contributed by atoms with Crippen LogP contribution in [0.1, 0.15) is 18.1 Å². The molecule has 3 aliphatic heterocycles. The number of rotatable bonds is 2. The quantitative estimate of drug-likeness (QED) is 0.639. The van der Waals surface area contributed by atoms with Crippen LogP contribution in [0, 0.1) is 11.3 Å². The number of nitriles is 1. The third-order valence-corrected chi connectivity index (χ3v) is 7.47. The molecule has 0 saturated carbocycles. The Morgan fingerprint density at radius 2 is 1.91 bits per heavy atom. The van der Waals surface area contributed by atoms with Gasteiger partial charge in [0.15, 0.2) is 0 Å². The number of pyridine rings is 1. The van der Waals surface area contributed by atoms with Gasteiger partial charge in [0.05, 0.1) is 22.8 Å². The van der Waals surface area contributed by atoms with Crippen molar-refractivity contribution in [1.29, 1.82) is 5.26 Å². The van der Waals surface area contributed by atoms with Crippen molar-refractivity contribution in [3.63, 3.8) is 0 Å². The SMILES string of the molecule is C[C@H]1CN(c2ccc(C#N)c3ncccc23)C[C@H]2COc3c(cccc3N3CCNCC3)CN21. The van der Waals surface area contributed by atoms with E-state index in [9.17, 15) is 5.26 Å². The van der Waals surface area contributed by atoms with Crippen molar-refractivity contribution < 1.29 is 4.74 Å². The number of fused-ring (bicyclic) bond motifs is 3. The summed E-state index contributed by atoms with van der Waals surface area (Å²) in [5.74, 6) is 1.06. The molecule has 3 aromatic rings. The highest BCUT2D eigenvalue weighted by atomic mass is 16.5. The normalized spacial score (nSPS) is 22.9. The van der Waals surface area contributed by atoms with Crippen LogP contribution in [0.15, 0.2) is 48.7 Å². The van der Waals surface area contributed by atoms with Gasteiger partial charge in [0.1, 0.15) is 18.4 Å². The number of nitrogens with zero attached hydrogens (tertiary/aromatic N) is 5. The summed E-state index contributed by atoms with van der Waals surface area (Å²) in [5.41, 5.74) is 5.07. The monoisotopic (exact) mass is 454 g/mol. The molecular formula is C27H30N6O. The van der Waals surface area contributed by atoms with Crippen molar-refractivity contribution in [3.05, 3.63) is 59.8 Å². The predicted molar refractivity (Wildman–Crippen MR) is 134 cm³/mol. The Kier molecular flexibility index (Phi) is 5.48. The van der Waals surface area contributed by atoms with Crippen molar-refractivity contribution in [2.24, 2.45) is 0 Å². The van der Waals surface area contributed by atoms with Gasteiger partial charge in [0.25, 0.3) is 0 Å². The lowest BCUT2D eigenvalue weighted by Gasteiger charge is -2.45. The van der Waals surface area contributed by atoms with Crippen LogP contribution in [0.25, 0.3) is 10.9 Å². The summed E-state index contributed by atoms with van der Waals surface area (Å²) in [6.45, 7) is 9.75. The number of hydrogen-bond donors (Lipinski definition) is 1. The van der Waals surface area contributed by atoms with Gasteiger partial charge >= 0.3 is 0 Å². The van der Waals surface area contributed by atoms with E-state index in [0.29, 0.717) is 18.2 Å². The summed E-state index contributed by atoms with van der Waals surface area (Å²) in [6.07, 6.45) is 1.76. The minimum atomic E-state index is 0.286. The maximum absolute atomic E-state index is 9.53. The average molecular weight is 455 g/mol. The zero-order chi connectivity index (χ0) is 23.1. The van der Waals surface area contributed by atoms with Crippen molar-refractivity contribution in [2.45, 2.75) is 25.6 Å². The Bertz CT molecular complexity index is 1250. The molecule has 7 heteroatoms. The smallest absolute Gasteiger partial charge is 0.147 e. The van der Waals surface area contributed by atoms with Crippen LogP contribution >= 0.6 is 0 Å². The standard InChI is InChI=1S/C27H30N6O/c1-19-15-32(24-8-7-20(14-28)26-23(24)5-3-9-30-26)17-22-18-34-27-21(16-33(19)22)4-2-6-25(27)31-12-10-29-11-13-31/h2-9,19,22,29H,10-13,15-18H2,1H3/t19-,22-/m0/s1. The fourth-order valence-corrected chi connectivity index (χ4v) is 5.76. The molecule has 2 atom stereocenters. The summed E-state index contributed by atoms with van der Waals surface area (Å²) in [5, 5.41) is 14.0. The largest absolute Gasteiger partial charge is 0.489 e. The summed E-state index contributed by atoms with van der Waals surface area (Å²) in [4.78, 5) is 12.0. The molecule has 0 unspecified atom stereocenters. The van der Waals surface area contributed by atoms with Crippen molar-refractivity contribution in [1.82, 2.24) is 15.2 Å². The Morgan fingerprint density at radius 3 is 2.76 bits per heavy atom. The Balaban J connectivity index is 1.30. The highest BCUT2D eigenvalue weighted by Gasteiger charge is 2.36. The Morgan fingerprint density at radius 1 is 1.03 bits per heavy atom. The summed E-state index contributed by atoms with van der Waals surface area (Å²) in [6, 6.07) is 17.6. The topological polar surface area (TPSA) is 67.7 Å². The first-order valence-corrected chi connectivity index (χ1v) is 12.2. The van der Waals surface area contributed by atoms with Crippen LogP contribution in [0.5, 0.6) is 5.75 Å². The van der Waals surface area contributed by atoms with E-state index in [2.05, 4.69) is 68.3 Å². The van der Waals surface area contributed by atoms with Gasteiger partial charge in [0.2, 0.25) is 0 Å². The van der Waals surface area contributed by atoms with Gasteiger partial charge in [0, 0.05) is 74.7 Å². The zero-order valence-corrected chi connectivity index (χ0v) is 19.6. The van der Waals surface area contributed by atoms with Crippen LogP contribution < -0.4 is 19.9 Å². The summed E-state index contributed by atoms with van der Waals surface area (Å²) >= 11 is 0. The van der Waals surface area contributed by atoms with Crippen LogP contribution in [0.4, 0.5) is 11.4 Å². The van der Waals surface area contributed by atoms with E-state index in [1.165, 1.54) is 11.3 Å². The maximum atomic E-state index is 9.53. The third-order valence-electron chi connectivity index (χ3n) is 7.47. The van der Waals surface area contributed by atoms with Crippen molar-refractivity contribution >= 4 is 22.3 Å². The number of para-hydroxylation sites is 1. The van der Waals surface area contributed by atoms with E-state index in [-0.39, 0.29) is 6.04 Å². The van der Waals surface area contributed by atoms with Gasteiger partial charge in [-0.15, -0.1) is 0 Å². The fourth-order valence-electron chi connectivity index (χ4n) is 5.76. The zero-order valence-electron chi connectivity index (χ0n) is 19.6. The van der Waals surface area contributed by atoms with Gasteiger partial charge in [-0.3, -0.25) is 9.88 Å². The van der Waals surface area contributed by atoms with E-state index >= 15 is 0 Å². The summed E-state index contributed by atoms with van der Waals surface area (Å²) in [7, 11) is 0. The van der Waals surface area contributed by atoms with Crippen molar-refractivity contribution in [3.8, 4) is 11.8 Å². The molecule has 0 spiro atoms. The van der Waals surface area contributed by atoms with E-state index < -0.39 is 0 Å². The van der Waals surface area contributed by atoms with Crippen LogP contribution in [0.3, 0.4) is 0 Å². The number of hydrogen-bond acceptors (Lipinski definition) is 7. The first kappa shape index (κ1) is 21.2.